The average molecular weight is 325 g/mol. The fourth-order valence-corrected chi connectivity index (χ4v) is 2.36. The van der Waals surface area contributed by atoms with Gasteiger partial charge in [0.1, 0.15) is 6.10 Å². The first-order valence-electron chi connectivity index (χ1n) is 7.22. The van der Waals surface area contributed by atoms with Crippen molar-refractivity contribution in [3.63, 3.8) is 0 Å². The van der Waals surface area contributed by atoms with Crippen molar-refractivity contribution >= 4 is 5.97 Å². The predicted molar refractivity (Wildman–Crippen MR) is 85.4 cm³/mol. The van der Waals surface area contributed by atoms with Gasteiger partial charge in [-0.05, 0) is 24.3 Å². The van der Waals surface area contributed by atoms with Gasteiger partial charge in [-0.3, -0.25) is 4.98 Å². The second-order valence-corrected chi connectivity index (χ2v) is 5.18. The Kier molecular flexibility index (Phi) is 4.37. The maximum atomic E-state index is 11.0. The van der Waals surface area contributed by atoms with Crippen molar-refractivity contribution < 1.29 is 20.1 Å². The van der Waals surface area contributed by atoms with Crippen molar-refractivity contribution in [2.45, 2.75) is 12.2 Å². The van der Waals surface area contributed by atoms with Gasteiger partial charge in [0.25, 0.3) is 0 Å². The van der Waals surface area contributed by atoms with Gasteiger partial charge in [0.15, 0.2) is 6.10 Å². The van der Waals surface area contributed by atoms with E-state index in [1.807, 2.05) is 30.3 Å². The Labute approximate surface area is 137 Å². The standard InChI is InChI=1S/C17H15N3O4/c21-15(16(22)17(23)24)13-10-20(12-4-2-1-3-5-12)19-14(13)11-6-8-18-9-7-11/h1-10,15-16,21-22H,(H,23,24). The van der Waals surface area contributed by atoms with Crippen LogP contribution in [0.5, 0.6) is 0 Å². The number of hydrogen-bond acceptors (Lipinski definition) is 5. The first kappa shape index (κ1) is 15.9. The van der Waals surface area contributed by atoms with Crippen molar-refractivity contribution in [2.24, 2.45) is 0 Å². The van der Waals surface area contributed by atoms with Gasteiger partial charge >= 0.3 is 5.97 Å². The number of aliphatic hydroxyl groups excluding tert-OH is 2. The van der Waals surface area contributed by atoms with Gasteiger partial charge in [-0.15, -0.1) is 0 Å². The van der Waals surface area contributed by atoms with Crippen LogP contribution in [-0.4, -0.2) is 42.2 Å². The van der Waals surface area contributed by atoms with Crippen molar-refractivity contribution in [1.82, 2.24) is 14.8 Å². The minimum absolute atomic E-state index is 0.222. The van der Waals surface area contributed by atoms with Crippen LogP contribution >= 0.6 is 0 Å². The van der Waals surface area contributed by atoms with E-state index in [0.29, 0.717) is 11.3 Å². The third kappa shape index (κ3) is 3.03. The molecule has 7 heteroatoms. The fourth-order valence-electron chi connectivity index (χ4n) is 2.36. The van der Waals surface area contributed by atoms with Crippen LogP contribution in [0.3, 0.4) is 0 Å². The molecule has 24 heavy (non-hydrogen) atoms. The zero-order chi connectivity index (χ0) is 17.1. The molecule has 2 aromatic heterocycles. The van der Waals surface area contributed by atoms with Gasteiger partial charge in [0, 0.05) is 29.7 Å². The number of aliphatic carboxylic acids is 1. The molecule has 0 saturated heterocycles. The second kappa shape index (κ2) is 6.61. The van der Waals surface area contributed by atoms with Crippen LogP contribution in [0.4, 0.5) is 0 Å². The Bertz CT molecular complexity index is 834. The SMILES string of the molecule is O=C(O)C(O)C(O)c1cn(-c2ccccc2)nc1-c1ccncc1. The van der Waals surface area contributed by atoms with E-state index >= 15 is 0 Å². The maximum absolute atomic E-state index is 11.0. The van der Waals surface area contributed by atoms with Crippen molar-refractivity contribution in [3.05, 3.63) is 66.6 Å². The number of nitrogens with zero attached hydrogens (tertiary/aromatic N) is 3. The second-order valence-electron chi connectivity index (χ2n) is 5.18. The Balaban J connectivity index is 2.12. The summed E-state index contributed by atoms with van der Waals surface area (Å²) in [5.41, 5.74) is 2.01. The lowest BCUT2D eigenvalue weighted by molar-refractivity contribution is -0.153. The average Bonchev–Trinajstić information content (AvgIpc) is 3.07. The molecule has 3 rings (SSSR count). The predicted octanol–water partition coefficient (Wildman–Crippen LogP) is 1.41. The van der Waals surface area contributed by atoms with Crippen molar-refractivity contribution in [2.75, 3.05) is 0 Å². The van der Waals surface area contributed by atoms with E-state index in [9.17, 15) is 15.0 Å². The molecular weight excluding hydrogens is 310 g/mol. The highest BCUT2D eigenvalue weighted by Gasteiger charge is 2.29. The van der Waals surface area contributed by atoms with Gasteiger partial charge in [0.05, 0.1) is 11.4 Å². The molecule has 2 heterocycles. The number of aromatic nitrogens is 3. The molecule has 0 amide bonds. The van der Waals surface area contributed by atoms with Crippen LogP contribution in [0.15, 0.2) is 61.1 Å². The van der Waals surface area contributed by atoms with E-state index in [1.54, 1.807) is 24.5 Å². The summed E-state index contributed by atoms with van der Waals surface area (Å²) in [5, 5.41) is 33.4. The number of para-hydroxylation sites is 1. The van der Waals surface area contributed by atoms with Crippen LogP contribution in [0, 0.1) is 0 Å². The molecule has 0 saturated carbocycles. The molecule has 0 fully saturated rings. The zero-order valence-electron chi connectivity index (χ0n) is 12.5. The molecule has 1 aromatic carbocycles. The lowest BCUT2D eigenvalue weighted by atomic mass is 10.0. The minimum Gasteiger partial charge on any atom is -0.479 e. The normalized spacial score (nSPS) is 13.4. The third-order valence-electron chi connectivity index (χ3n) is 3.59. The molecule has 0 aliphatic rings. The van der Waals surface area contributed by atoms with Gasteiger partial charge in [0.2, 0.25) is 0 Å². The Morgan fingerprint density at radius 3 is 2.33 bits per heavy atom. The molecule has 122 valence electrons. The molecule has 0 spiro atoms. The molecule has 0 radical (unpaired) electrons. The summed E-state index contributed by atoms with van der Waals surface area (Å²) in [4.78, 5) is 14.9. The summed E-state index contributed by atoms with van der Waals surface area (Å²) in [6, 6.07) is 12.6. The largest absolute Gasteiger partial charge is 0.479 e. The number of pyridine rings is 1. The summed E-state index contributed by atoms with van der Waals surface area (Å²) < 4.78 is 1.53. The molecular formula is C17H15N3O4. The molecule has 0 aliphatic heterocycles. The number of benzene rings is 1. The van der Waals surface area contributed by atoms with Crippen LogP contribution in [0.1, 0.15) is 11.7 Å². The lowest BCUT2D eigenvalue weighted by Gasteiger charge is -2.13. The molecule has 2 atom stereocenters. The van der Waals surface area contributed by atoms with Gasteiger partial charge in [-0.2, -0.15) is 5.10 Å². The Hall–Kier alpha value is -3.03. The van der Waals surface area contributed by atoms with E-state index in [2.05, 4.69) is 10.1 Å². The maximum Gasteiger partial charge on any atom is 0.335 e. The van der Waals surface area contributed by atoms with Gasteiger partial charge in [-0.25, -0.2) is 9.48 Å². The first-order chi connectivity index (χ1) is 11.6. The number of carboxylic acid groups (broad SMARTS) is 1. The summed E-state index contributed by atoms with van der Waals surface area (Å²) in [5.74, 6) is -1.50. The van der Waals surface area contributed by atoms with E-state index in [-0.39, 0.29) is 5.56 Å². The smallest absolute Gasteiger partial charge is 0.335 e. The molecule has 0 bridgehead atoms. The number of aliphatic hydroxyl groups is 2. The van der Waals surface area contributed by atoms with Crippen LogP contribution in [-0.2, 0) is 4.79 Å². The Morgan fingerprint density at radius 1 is 1.04 bits per heavy atom. The summed E-state index contributed by atoms with van der Waals surface area (Å²) >= 11 is 0. The van der Waals surface area contributed by atoms with Gasteiger partial charge in [-0.1, -0.05) is 18.2 Å². The van der Waals surface area contributed by atoms with Crippen molar-refractivity contribution in [3.8, 4) is 16.9 Å². The van der Waals surface area contributed by atoms with Crippen molar-refractivity contribution in [1.29, 1.82) is 0 Å². The topological polar surface area (TPSA) is 108 Å². The zero-order valence-corrected chi connectivity index (χ0v) is 12.5. The highest BCUT2D eigenvalue weighted by molar-refractivity contribution is 5.74. The molecule has 7 nitrogen and oxygen atoms in total. The summed E-state index contributed by atoms with van der Waals surface area (Å²) in [7, 11) is 0. The van der Waals surface area contributed by atoms with E-state index < -0.39 is 18.2 Å². The summed E-state index contributed by atoms with van der Waals surface area (Å²) in [6.07, 6.45) is 1.10. The minimum atomic E-state index is -1.95. The van der Waals surface area contributed by atoms with E-state index in [4.69, 9.17) is 5.11 Å². The highest BCUT2D eigenvalue weighted by atomic mass is 16.4. The van der Waals surface area contributed by atoms with E-state index in [0.717, 1.165) is 5.69 Å². The van der Waals surface area contributed by atoms with E-state index in [1.165, 1.54) is 10.9 Å². The molecule has 0 aliphatic carbocycles. The van der Waals surface area contributed by atoms with Crippen LogP contribution in [0.2, 0.25) is 0 Å². The van der Waals surface area contributed by atoms with Crippen LogP contribution < -0.4 is 0 Å². The summed E-state index contributed by atoms with van der Waals surface area (Å²) in [6.45, 7) is 0. The van der Waals surface area contributed by atoms with Crippen LogP contribution in [0.25, 0.3) is 16.9 Å². The molecule has 2 unspecified atom stereocenters. The third-order valence-corrected chi connectivity index (χ3v) is 3.59. The quantitative estimate of drug-likeness (QED) is 0.654. The number of rotatable bonds is 5. The number of hydrogen-bond donors (Lipinski definition) is 3. The number of carboxylic acids is 1. The number of carbonyl (C=O) groups is 1. The molecule has 3 aromatic rings. The Morgan fingerprint density at radius 2 is 1.71 bits per heavy atom. The molecule has 3 N–H and O–H groups in total. The highest BCUT2D eigenvalue weighted by Crippen LogP contribution is 2.29. The lowest BCUT2D eigenvalue weighted by Crippen LogP contribution is -2.27. The van der Waals surface area contributed by atoms with Gasteiger partial charge < -0.3 is 15.3 Å². The first-order valence-corrected chi connectivity index (χ1v) is 7.22. The fraction of sp³-hybridized carbons (Fsp3) is 0.118. The monoisotopic (exact) mass is 325 g/mol.